The molecule has 0 saturated heterocycles. The summed E-state index contributed by atoms with van der Waals surface area (Å²) in [5.74, 6) is 0. The summed E-state index contributed by atoms with van der Waals surface area (Å²) in [5.41, 5.74) is 7.56. The van der Waals surface area contributed by atoms with Crippen LogP contribution in [-0.2, 0) is 0 Å². The second-order valence-electron chi connectivity index (χ2n) is 9.34. The lowest BCUT2D eigenvalue weighted by atomic mass is 9.89. The molecule has 168 valence electrons. The summed E-state index contributed by atoms with van der Waals surface area (Å²) in [7, 11) is 0. The van der Waals surface area contributed by atoms with Crippen molar-refractivity contribution in [2.75, 3.05) is 0 Å². The smallest absolute Gasteiger partial charge is 0.00987 e. The maximum Gasteiger partial charge on any atom is -0.00987 e. The van der Waals surface area contributed by atoms with E-state index in [0.29, 0.717) is 0 Å². The average Bonchev–Trinajstić information content (AvgIpc) is 2.96. The number of hydrogen-bond donors (Lipinski definition) is 0. The average molecular weight is 457 g/mol. The molecule has 0 heterocycles. The molecule has 0 atom stereocenters. The third-order valence-corrected chi connectivity index (χ3v) is 7.28. The lowest BCUT2D eigenvalue weighted by Gasteiger charge is -2.15. The van der Waals surface area contributed by atoms with Crippen LogP contribution in [0.4, 0.5) is 0 Å². The Kier molecular flexibility index (Phi) is 4.89. The zero-order valence-corrected chi connectivity index (χ0v) is 19.9. The molecule has 36 heavy (non-hydrogen) atoms. The molecule has 0 aromatic heterocycles. The molecule has 7 aromatic rings. The summed E-state index contributed by atoms with van der Waals surface area (Å²) in [4.78, 5) is 0. The van der Waals surface area contributed by atoms with Crippen molar-refractivity contribution in [3.8, 4) is 33.4 Å². The lowest BCUT2D eigenvalue weighted by molar-refractivity contribution is 1.62. The van der Waals surface area contributed by atoms with E-state index in [4.69, 9.17) is 0 Å². The maximum absolute atomic E-state index is 2.33. The number of hydrogen-bond acceptors (Lipinski definition) is 0. The molecule has 0 nitrogen and oxygen atoms in total. The quantitative estimate of drug-likeness (QED) is 0.248. The maximum atomic E-state index is 2.33. The van der Waals surface area contributed by atoms with Crippen LogP contribution < -0.4 is 0 Å². The topological polar surface area (TPSA) is 0 Å². The van der Waals surface area contributed by atoms with Crippen molar-refractivity contribution in [2.45, 2.75) is 0 Å². The summed E-state index contributed by atoms with van der Waals surface area (Å²) in [5, 5.41) is 7.67. The Hall–Kier alpha value is -4.68. The van der Waals surface area contributed by atoms with Crippen LogP contribution >= 0.6 is 0 Å². The van der Waals surface area contributed by atoms with Crippen molar-refractivity contribution in [2.24, 2.45) is 0 Å². The van der Waals surface area contributed by atoms with Crippen LogP contribution in [0.2, 0.25) is 0 Å². The van der Waals surface area contributed by atoms with Gasteiger partial charge in [0.25, 0.3) is 0 Å². The zero-order chi connectivity index (χ0) is 23.9. The van der Waals surface area contributed by atoms with Crippen molar-refractivity contribution in [3.63, 3.8) is 0 Å². The Bertz CT molecular complexity index is 1880. The molecule has 0 spiro atoms. The van der Waals surface area contributed by atoms with Crippen molar-refractivity contribution in [3.05, 3.63) is 146 Å². The third kappa shape index (κ3) is 3.39. The summed E-state index contributed by atoms with van der Waals surface area (Å²) in [6.45, 7) is 0. The fourth-order valence-corrected chi connectivity index (χ4v) is 5.58. The molecule has 0 bridgehead atoms. The molecule has 7 aromatic carbocycles. The van der Waals surface area contributed by atoms with Gasteiger partial charge in [-0.1, -0.05) is 140 Å². The van der Waals surface area contributed by atoms with Gasteiger partial charge in [0.2, 0.25) is 0 Å². The summed E-state index contributed by atoms with van der Waals surface area (Å²) in [6, 6.07) is 52.8. The van der Waals surface area contributed by atoms with Gasteiger partial charge in [-0.25, -0.2) is 0 Å². The van der Waals surface area contributed by atoms with E-state index in [1.54, 1.807) is 0 Å². The Labute approximate surface area is 211 Å². The Morgan fingerprint density at radius 3 is 1.31 bits per heavy atom. The standard InChI is InChI=1S/C36H24/c1-3-16-29-25(10-1)12-8-20-31(29)27-14-7-15-28(24-27)32-22-23-36(35-19-6-5-18-33(32)35)34-21-9-13-26-11-2-4-17-30(26)34/h1-24H. The first-order valence-corrected chi connectivity index (χ1v) is 12.5. The molecule has 0 aliphatic heterocycles. The van der Waals surface area contributed by atoms with E-state index in [1.165, 1.54) is 65.7 Å². The molecule has 0 N–H and O–H groups in total. The van der Waals surface area contributed by atoms with E-state index in [9.17, 15) is 0 Å². The van der Waals surface area contributed by atoms with Crippen LogP contribution in [0.5, 0.6) is 0 Å². The molecular weight excluding hydrogens is 432 g/mol. The van der Waals surface area contributed by atoms with Gasteiger partial charge in [0.1, 0.15) is 0 Å². The van der Waals surface area contributed by atoms with Gasteiger partial charge in [-0.2, -0.15) is 0 Å². The Morgan fingerprint density at radius 2 is 0.639 bits per heavy atom. The Balaban J connectivity index is 1.42. The van der Waals surface area contributed by atoms with Gasteiger partial charge in [-0.3, -0.25) is 0 Å². The van der Waals surface area contributed by atoms with Gasteiger partial charge >= 0.3 is 0 Å². The largest absolute Gasteiger partial charge is 0.0616 e. The first kappa shape index (κ1) is 20.7. The van der Waals surface area contributed by atoms with Crippen molar-refractivity contribution < 1.29 is 0 Å². The van der Waals surface area contributed by atoms with Gasteiger partial charge in [0, 0.05) is 0 Å². The van der Waals surface area contributed by atoms with E-state index in [-0.39, 0.29) is 0 Å². The molecule has 0 radical (unpaired) electrons. The van der Waals surface area contributed by atoms with Gasteiger partial charge in [-0.15, -0.1) is 0 Å². The van der Waals surface area contributed by atoms with E-state index in [2.05, 4.69) is 146 Å². The fourth-order valence-electron chi connectivity index (χ4n) is 5.58. The van der Waals surface area contributed by atoms with E-state index >= 15 is 0 Å². The summed E-state index contributed by atoms with van der Waals surface area (Å²) >= 11 is 0. The summed E-state index contributed by atoms with van der Waals surface area (Å²) in [6.07, 6.45) is 0. The second-order valence-corrected chi connectivity index (χ2v) is 9.34. The van der Waals surface area contributed by atoms with E-state index in [1.807, 2.05) is 0 Å². The van der Waals surface area contributed by atoms with Gasteiger partial charge < -0.3 is 0 Å². The number of rotatable bonds is 3. The lowest BCUT2D eigenvalue weighted by Crippen LogP contribution is -1.88. The minimum absolute atomic E-state index is 1.24. The first-order valence-electron chi connectivity index (χ1n) is 12.5. The van der Waals surface area contributed by atoms with Gasteiger partial charge in [-0.05, 0) is 71.8 Å². The molecule has 0 heteroatoms. The van der Waals surface area contributed by atoms with Crippen LogP contribution in [0.3, 0.4) is 0 Å². The normalized spacial score (nSPS) is 11.3. The predicted octanol–water partition coefficient (Wildman–Crippen LogP) is 10.1. The zero-order valence-electron chi connectivity index (χ0n) is 19.9. The molecule has 0 saturated carbocycles. The van der Waals surface area contributed by atoms with Crippen LogP contribution in [0.25, 0.3) is 65.7 Å². The highest BCUT2D eigenvalue weighted by Gasteiger charge is 2.12. The van der Waals surface area contributed by atoms with Crippen LogP contribution in [0.15, 0.2) is 146 Å². The number of benzene rings is 7. The van der Waals surface area contributed by atoms with Crippen LogP contribution in [0.1, 0.15) is 0 Å². The van der Waals surface area contributed by atoms with Gasteiger partial charge in [0.05, 0.1) is 0 Å². The van der Waals surface area contributed by atoms with Crippen LogP contribution in [0, 0.1) is 0 Å². The summed E-state index contributed by atoms with van der Waals surface area (Å²) < 4.78 is 0. The van der Waals surface area contributed by atoms with E-state index in [0.717, 1.165) is 0 Å². The predicted molar refractivity (Wildman–Crippen MR) is 155 cm³/mol. The monoisotopic (exact) mass is 456 g/mol. The minimum atomic E-state index is 1.24. The molecule has 0 fully saturated rings. The van der Waals surface area contributed by atoms with Crippen molar-refractivity contribution in [1.82, 2.24) is 0 Å². The number of fused-ring (bicyclic) bond motifs is 3. The SMILES string of the molecule is c1cc(-c2cccc3ccccc23)cc(-c2ccc(-c3cccc4ccccc34)c3ccccc23)c1. The van der Waals surface area contributed by atoms with Gasteiger partial charge in [0.15, 0.2) is 0 Å². The van der Waals surface area contributed by atoms with Crippen LogP contribution in [-0.4, -0.2) is 0 Å². The van der Waals surface area contributed by atoms with E-state index < -0.39 is 0 Å². The van der Waals surface area contributed by atoms with Crippen molar-refractivity contribution in [1.29, 1.82) is 0 Å². The van der Waals surface area contributed by atoms with Crippen molar-refractivity contribution >= 4 is 32.3 Å². The molecule has 0 aliphatic rings. The molecule has 0 amide bonds. The molecule has 0 unspecified atom stereocenters. The fraction of sp³-hybridized carbons (Fsp3) is 0. The highest BCUT2D eigenvalue weighted by atomic mass is 14.2. The third-order valence-electron chi connectivity index (χ3n) is 7.28. The molecule has 0 aliphatic carbocycles. The highest BCUT2D eigenvalue weighted by Crippen LogP contribution is 2.39. The highest BCUT2D eigenvalue weighted by molar-refractivity contribution is 6.10. The molecule has 7 rings (SSSR count). The molecular formula is C36H24. The minimum Gasteiger partial charge on any atom is -0.0616 e. The Morgan fingerprint density at radius 1 is 0.250 bits per heavy atom. The second kappa shape index (κ2) is 8.52. The first-order chi connectivity index (χ1) is 17.9.